The average Bonchev–Trinajstić information content (AvgIpc) is 3.11. The highest BCUT2D eigenvalue weighted by atomic mass is 16.6. The van der Waals surface area contributed by atoms with Crippen molar-refractivity contribution in [2.45, 2.75) is 90.1 Å². The second-order valence-corrected chi connectivity index (χ2v) is 9.31. The van der Waals surface area contributed by atoms with Crippen molar-refractivity contribution in [3.8, 4) is 5.75 Å². The number of allylic oxidation sites excluding steroid dienone is 4. The van der Waals surface area contributed by atoms with Crippen LogP contribution in [0.4, 0.5) is 0 Å². The molecule has 1 fully saturated rings. The first-order valence-electron chi connectivity index (χ1n) is 13.5. The predicted octanol–water partition coefficient (Wildman–Crippen LogP) is 6.76. The summed E-state index contributed by atoms with van der Waals surface area (Å²) in [6, 6.07) is 8.04. The van der Waals surface area contributed by atoms with Crippen LogP contribution in [-0.4, -0.2) is 24.5 Å². The second-order valence-electron chi connectivity index (χ2n) is 9.31. The molecule has 2 aliphatic rings. The molecule has 1 unspecified atom stereocenters. The first-order valence-corrected chi connectivity index (χ1v) is 13.5. The van der Waals surface area contributed by atoms with Crippen molar-refractivity contribution in [1.29, 1.82) is 0 Å². The Balaban J connectivity index is 0.00000106. The number of nitrogens with zero attached hydrogens (tertiary/aromatic N) is 1. The number of unbranched alkanes of at least 4 members (excludes halogenated alkanes) is 10. The summed E-state index contributed by atoms with van der Waals surface area (Å²) in [6.45, 7) is 3.04. The van der Waals surface area contributed by atoms with Gasteiger partial charge in [0, 0.05) is 10.6 Å². The molecule has 36 heavy (non-hydrogen) atoms. The molecule has 2 N–H and O–H groups in total. The van der Waals surface area contributed by atoms with Crippen LogP contribution in [0.2, 0.25) is 0 Å². The molecule has 0 aromatic heterocycles. The van der Waals surface area contributed by atoms with E-state index in [1.165, 1.54) is 64.2 Å². The summed E-state index contributed by atoms with van der Waals surface area (Å²) >= 11 is 0. The van der Waals surface area contributed by atoms with Crippen molar-refractivity contribution in [1.82, 2.24) is 10.6 Å². The minimum Gasteiger partial charge on any atom is -0.494 e. The maximum Gasteiger partial charge on any atom is 0.254 e. The zero-order valence-corrected chi connectivity index (χ0v) is 22.0. The van der Waals surface area contributed by atoms with Gasteiger partial charge in [0.25, 0.3) is 5.91 Å². The summed E-state index contributed by atoms with van der Waals surface area (Å²) in [6.07, 6.45) is 23.3. The Morgan fingerprint density at radius 3 is 2.14 bits per heavy atom. The second kappa shape index (κ2) is 17.4. The van der Waals surface area contributed by atoms with Crippen molar-refractivity contribution in [3.63, 3.8) is 0 Å². The largest absolute Gasteiger partial charge is 0.494 e. The number of rotatable bonds is 14. The van der Waals surface area contributed by atoms with Crippen molar-refractivity contribution in [2.75, 3.05) is 13.7 Å². The van der Waals surface area contributed by atoms with Crippen LogP contribution in [0, 0.1) is 10.1 Å². The third-order valence-corrected chi connectivity index (χ3v) is 6.20. The first-order chi connectivity index (χ1) is 17.5. The molecule has 1 aliphatic heterocycles. The molecule has 1 atom stereocenters. The summed E-state index contributed by atoms with van der Waals surface area (Å²) in [4.78, 5) is 20.8. The molecule has 1 aliphatic carbocycles. The number of amides is 1. The highest BCUT2D eigenvalue weighted by Crippen LogP contribution is 2.25. The summed E-state index contributed by atoms with van der Waals surface area (Å²) in [5.74, 6) is 0.862. The number of hydrogen-bond donors (Lipinski definition) is 2. The number of hydrogen-bond acceptors (Lipinski definition) is 5. The molecular formula is C29H43N3O4. The number of fused-ring (bicyclic) bond motifs is 1. The highest BCUT2D eigenvalue weighted by molar-refractivity contribution is 5.99. The summed E-state index contributed by atoms with van der Waals surface area (Å²) in [5.41, 5.74) is 2.62. The van der Waals surface area contributed by atoms with Crippen molar-refractivity contribution < 1.29 is 14.5 Å². The van der Waals surface area contributed by atoms with E-state index >= 15 is 0 Å². The van der Waals surface area contributed by atoms with Gasteiger partial charge in [0.05, 0.1) is 12.2 Å². The van der Waals surface area contributed by atoms with Crippen LogP contribution < -0.4 is 15.4 Å². The van der Waals surface area contributed by atoms with Crippen LogP contribution in [0.3, 0.4) is 0 Å². The Bertz CT molecular complexity index is 886. The fourth-order valence-electron chi connectivity index (χ4n) is 4.25. The van der Waals surface area contributed by atoms with Gasteiger partial charge in [-0.3, -0.25) is 14.9 Å². The molecule has 0 saturated carbocycles. The van der Waals surface area contributed by atoms with Crippen molar-refractivity contribution in [3.05, 3.63) is 75.5 Å². The lowest BCUT2D eigenvalue weighted by molar-refractivity contribution is -0.445. The predicted molar refractivity (Wildman–Crippen MR) is 145 cm³/mol. The lowest BCUT2D eigenvalue weighted by atomic mass is 10.0. The summed E-state index contributed by atoms with van der Waals surface area (Å²) < 4.78 is 5.92. The number of benzene rings is 1. The Kier molecular flexibility index (Phi) is 14.1. The Hall–Kier alpha value is -3.09. The fraction of sp³-hybridized carbons (Fsp3) is 0.552. The van der Waals surface area contributed by atoms with Gasteiger partial charge in [-0.1, -0.05) is 101 Å². The van der Waals surface area contributed by atoms with E-state index in [-0.39, 0.29) is 12.1 Å². The summed E-state index contributed by atoms with van der Waals surface area (Å²) in [5, 5.41) is 15.3. The molecule has 3 rings (SSSR count). The quantitative estimate of drug-likeness (QED) is 0.168. The number of nitrogens with one attached hydrogen (secondary N) is 2. The zero-order valence-electron chi connectivity index (χ0n) is 22.0. The van der Waals surface area contributed by atoms with E-state index in [0.717, 1.165) is 49.1 Å². The molecule has 0 spiro atoms. The average molecular weight is 498 g/mol. The van der Waals surface area contributed by atoms with Gasteiger partial charge in [-0.25, -0.2) is 0 Å². The number of ether oxygens (including phenoxy) is 1. The Morgan fingerprint density at radius 2 is 1.53 bits per heavy atom. The van der Waals surface area contributed by atoms with Crippen LogP contribution in [0.15, 0.2) is 59.8 Å². The third-order valence-electron chi connectivity index (χ3n) is 6.20. The molecule has 1 heterocycles. The summed E-state index contributed by atoms with van der Waals surface area (Å²) in [7, 11) is 0.889. The maximum absolute atomic E-state index is 12.5. The van der Waals surface area contributed by atoms with Crippen LogP contribution in [0.25, 0.3) is 0 Å². The number of carbonyl (C=O) groups excluding carboxylic acids is 1. The van der Waals surface area contributed by atoms with Crippen LogP contribution >= 0.6 is 0 Å². The third kappa shape index (κ3) is 11.6. The highest BCUT2D eigenvalue weighted by Gasteiger charge is 2.26. The van der Waals surface area contributed by atoms with Gasteiger partial charge in [-0.15, -0.1) is 0 Å². The molecule has 0 radical (unpaired) electrons. The van der Waals surface area contributed by atoms with Crippen LogP contribution in [0.1, 0.15) is 95.7 Å². The smallest absolute Gasteiger partial charge is 0.254 e. The minimum atomic E-state index is -0.500. The van der Waals surface area contributed by atoms with Gasteiger partial charge in [0.2, 0.25) is 0 Å². The van der Waals surface area contributed by atoms with Crippen LogP contribution in [-0.2, 0) is 4.79 Å². The number of nitro groups is 1. The van der Waals surface area contributed by atoms with Crippen LogP contribution in [0.5, 0.6) is 5.75 Å². The molecule has 1 aromatic carbocycles. The molecule has 1 aromatic rings. The molecule has 1 saturated heterocycles. The molecule has 7 heteroatoms. The van der Waals surface area contributed by atoms with E-state index in [1.807, 2.05) is 48.6 Å². The topological polar surface area (TPSA) is 93.5 Å². The van der Waals surface area contributed by atoms with Crippen molar-refractivity contribution in [2.24, 2.45) is 0 Å². The lowest BCUT2D eigenvalue weighted by Gasteiger charge is -2.29. The minimum absolute atomic E-state index is 0.0273. The molecule has 0 bridgehead atoms. The van der Waals surface area contributed by atoms with Gasteiger partial charge in [0.1, 0.15) is 11.9 Å². The van der Waals surface area contributed by atoms with E-state index < -0.39 is 4.92 Å². The van der Waals surface area contributed by atoms with E-state index in [0.29, 0.717) is 0 Å². The van der Waals surface area contributed by atoms with Gasteiger partial charge in [0.15, 0.2) is 7.05 Å². The molecular weight excluding hydrogens is 454 g/mol. The lowest BCUT2D eigenvalue weighted by Crippen LogP contribution is -2.45. The molecule has 7 nitrogen and oxygen atoms in total. The monoisotopic (exact) mass is 497 g/mol. The SMILES string of the molecule is CCCCCCCCCCCCCOc1ccc(C2NC(=O)C3=CCC=CC=C3N2)cc1.C[N+](=O)[O-]. The molecule has 1 amide bonds. The van der Waals surface area contributed by atoms with Crippen molar-refractivity contribution >= 4 is 5.91 Å². The Labute approximate surface area is 216 Å². The van der Waals surface area contributed by atoms with Gasteiger partial charge < -0.3 is 15.4 Å². The fourth-order valence-corrected chi connectivity index (χ4v) is 4.25. The van der Waals surface area contributed by atoms with Gasteiger partial charge in [-0.05, 0) is 36.6 Å². The first kappa shape index (κ1) is 29.1. The zero-order chi connectivity index (χ0) is 26.0. The van der Waals surface area contributed by atoms with E-state index in [2.05, 4.69) is 17.6 Å². The standard InChI is InChI=1S/C28H40N2O2.CH3NO2/c1-2-3-4-5-6-7-8-9-10-11-15-22-32-24-20-18-23(19-21-24)27-29-26-17-14-12-13-16-25(26)28(31)30-27;1-2(3)4/h12,14,16-21,27,29H,2-11,13,15,22H2,1H3,(H,30,31);1H3. The van der Waals surface area contributed by atoms with E-state index in [1.54, 1.807) is 0 Å². The maximum atomic E-state index is 12.5. The Morgan fingerprint density at radius 1 is 0.944 bits per heavy atom. The van der Waals surface area contributed by atoms with E-state index in [4.69, 9.17) is 14.9 Å². The van der Waals surface area contributed by atoms with Gasteiger partial charge >= 0.3 is 0 Å². The van der Waals surface area contributed by atoms with E-state index in [9.17, 15) is 4.79 Å². The number of carbonyl (C=O) groups is 1. The van der Waals surface area contributed by atoms with Gasteiger partial charge in [-0.2, -0.15) is 0 Å². The molecule has 198 valence electrons. The normalized spacial score (nSPS) is 16.3.